The maximum Gasteiger partial charge on any atom is 0.573 e. The van der Waals surface area contributed by atoms with Gasteiger partial charge in [-0.2, -0.15) is 0 Å². The number of nitrogens with one attached hydrogen (secondary N) is 1. The number of anilines is 1. The lowest BCUT2D eigenvalue weighted by Gasteiger charge is -2.12. The van der Waals surface area contributed by atoms with Crippen LogP contribution in [0, 0.1) is 0 Å². The summed E-state index contributed by atoms with van der Waals surface area (Å²) in [5.41, 5.74) is 0.605. The van der Waals surface area contributed by atoms with Crippen LogP contribution in [0.5, 0.6) is 5.75 Å². The van der Waals surface area contributed by atoms with Crippen molar-refractivity contribution in [1.29, 1.82) is 0 Å². The smallest absolute Gasteiger partial charge is 0.405 e. The molecule has 0 aromatic heterocycles. The summed E-state index contributed by atoms with van der Waals surface area (Å²) in [5, 5.41) is 3.28. The van der Waals surface area contributed by atoms with E-state index >= 15 is 0 Å². The second-order valence-corrected chi connectivity index (χ2v) is 4.45. The predicted molar refractivity (Wildman–Crippen MR) is 64.3 cm³/mol. The van der Waals surface area contributed by atoms with Gasteiger partial charge in [-0.3, -0.25) is 0 Å². The summed E-state index contributed by atoms with van der Waals surface area (Å²) in [7, 11) is 0. The Morgan fingerprint density at radius 1 is 1.47 bits per heavy atom. The highest BCUT2D eigenvalue weighted by Gasteiger charge is 2.31. The molecule has 0 spiro atoms. The monoisotopic (exact) mass is 329 g/mol. The molecule has 0 fully saturated rings. The molecule has 17 heavy (non-hydrogen) atoms. The molecule has 7 heteroatoms. The van der Waals surface area contributed by atoms with E-state index in [2.05, 4.69) is 32.6 Å². The van der Waals surface area contributed by atoms with E-state index in [1.807, 2.05) is 0 Å². The first-order valence-electron chi connectivity index (χ1n) is 4.40. The largest absolute Gasteiger partial charge is 0.573 e. The molecule has 0 saturated carbocycles. The van der Waals surface area contributed by atoms with Crippen molar-refractivity contribution in [3.63, 3.8) is 0 Å². The molecular formula is C10H8BrClF3NO. The van der Waals surface area contributed by atoms with Gasteiger partial charge in [0.25, 0.3) is 0 Å². The van der Waals surface area contributed by atoms with Crippen molar-refractivity contribution in [1.82, 2.24) is 0 Å². The van der Waals surface area contributed by atoms with Gasteiger partial charge < -0.3 is 10.1 Å². The molecule has 0 radical (unpaired) electrons. The van der Waals surface area contributed by atoms with Crippen LogP contribution in [0.2, 0.25) is 0 Å². The molecule has 0 atom stereocenters. The van der Waals surface area contributed by atoms with Crippen molar-refractivity contribution in [2.45, 2.75) is 6.36 Å². The Hall–Kier alpha value is -0.880. The lowest BCUT2D eigenvalue weighted by atomic mass is 10.3. The third kappa shape index (κ3) is 5.32. The number of ether oxygens (including phenoxy) is 1. The molecule has 0 aliphatic carbocycles. The zero-order chi connectivity index (χ0) is 13.1. The molecule has 1 aromatic rings. The van der Waals surface area contributed by atoms with Crippen LogP contribution >= 0.6 is 27.5 Å². The molecule has 0 aliphatic rings. The van der Waals surface area contributed by atoms with Gasteiger partial charge in [-0.15, -0.1) is 13.2 Å². The average molecular weight is 331 g/mol. The van der Waals surface area contributed by atoms with Crippen LogP contribution in [0.15, 0.2) is 34.3 Å². The van der Waals surface area contributed by atoms with Crippen LogP contribution in [0.25, 0.3) is 0 Å². The Kier molecular flexibility index (Phi) is 4.70. The number of hydrogen-bond donors (Lipinski definition) is 1. The standard InChI is InChI=1S/C10H8BrClF3NO/c1-6(12)5-16-7-2-3-9(8(11)4-7)17-10(13,14)15/h2-4,16H,1,5H2. The van der Waals surface area contributed by atoms with Crippen LogP contribution in [0.3, 0.4) is 0 Å². The van der Waals surface area contributed by atoms with E-state index in [1.165, 1.54) is 18.2 Å². The zero-order valence-electron chi connectivity index (χ0n) is 8.44. The summed E-state index contributed by atoms with van der Waals surface area (Å²) in [6.45, 7) is 3.80. The molecule has 0 aliphatic heterocycles. The molecule has 1 aromatic carbocycles. The van der Waals surface area contributed by atoms with Gasteiger partial charge in [-0.25, -0.2) is 0 Å². The van der Waals surface area contributed by atoms with E-state index in [9.17, 15) is 13.2 Å². The fraction of sp³-hybridized carbons (Fsp3) is 0.200. The van der Waals surface area contributed by atoms with Gasteiger partial charge in [0.15, 0.2) is 0 Å². The van der Waals surface area contributed by atoms with Crippen molar-refractivity contribution in [3.8, 4) is 5.75 Å². The first kappa shape index (κ1) is 14.2. The Bertz CT molecular complexity index is 423. The number of benzene rings is 1. The second-order valence-electron chi connectivity index (χ2n) is 3.06. The van der Waals surface area contributed by atoms with E-state index in [-0.39, 0.29) is 10.2 Å². The summed E-state index contributed by atoms with van der Waals surface area (Å²) in [6, 6.07) is 4.11. The highest BCUT2D eigenvalue weighted by atomic mass is 79.9. The van der Waals surface area contributed by atoms with Crippen LogP contribution in [0.4, 0.5) is 18.9 Å². The van der Waals surface area contributed by atoms with E-state index < -0.39 is 6.36 Å². The number of halogens is 5. The predicted octanol–water partition coefficient (Wildman–Crippen LogP) is 4.51. The Morgan fingerprint density at radius 2 is 2.12 bits per heavy atom. The first-order valence-corrected chi connectivity index (χ1v) is 5.57. The summed E-state index contributed by atoms with van der Waals surface area (Å²) in [4.78, 5) is 0. The maximum absolute atomic E-state index is 12.0. The number of rotatable bonds is 4. The summed E-state index contributed by atoms with van der Waals surface area (Å²) < 4.78 is 40.0. The average Bonchev–Trinajstić information content (AvgIpc) is 2.17. The Morgan fingerprint density at radius 3 is 2.59 bits per heavy atom. The molecule has 0 unspecified atom stereocenters. The third-order valence-electron chi connectivity index (χ3n) is 1.64. The van der Waals surface area contributed by atoms with E-state index in [0.717, 1.165) is 0 Å². The minimum Gasteiger partial charge on any atom is -0.405 e. The minimum atomic E-state index is -4.71. The minimum absolute atomic E-state index is 0.194. The quantitative estimate of drug-likeness (QED) is 0.877. The van der Waals surface area contributed by atoms with Crippen molar-refractivity contribution < 1.29 is 17.9 Å². The van der Waals surface area contributed by atoms with Gasteiger partial charge in [-0.1, -0.05) is 18.2 Å². The lowest BCUT2D eigenvalue weighted by molar-refractivity contribution is -0.274. The van der Waals surface area contributed by atoms with Crippen LogP contribution < -0.4 is 10.1 Å². The van der Waals surface area contributed by atoms with Crippen LogP contribution in [-0.2, 0) is 0 Å². The zero-order valence-corrected chi connectivity index (χ0v) is 10.8. The van der Waals surface area contributed by atoms with Gasteiger partial charge in [0.2, 0.25) is 0 Å². The van der Waals surface area contributed by atoms with Crippen LogP contribution in [-0.4, -0.2) is 12.9 Å². The van der Waals surface area contributed by atoms with Gasteiger partial charge in [0.05, 0.1) is 11.0 Å². The van der Waals surface area contributed by atoms with Gasteiger partial charge in [-0.05, 0) is 34.1 Å². The fourth-order valence-corrected chi connectivity index (χ4v) is 1.54. The normalized spacial score (nSPS) is 11.1. The first-order chi connectivity index (χ1) is 7.78. The fourth-order valence-electron chi connectivity index (χ4n) is 1.02. The highest BCUT2D eigenvalue weighted by Crippen LogP contribution is 2.32. The van der Waals surface area contributed by atoms with Crippen LogP contribution in [0.1, 0.15) is 0 Å². The number of alkyl halides is 3. The van der Waals surface area contributed by atoms with E-state index in [0.29, 0.717) is 17.3 Å². The maximum atomic E-state index is 12.0. The highest BCUT2D eigenvalue weighted by molar-refractivity contribution is 9.10. The van der Waals surface area contributed by atoms with Crippen molar-refractivity contribution in [2.24, 2.45) is 0 Å². The topological polar surface area (TPSA) is 21.3 Å². The van der Waals surface area contributed by atoms with Crippen molar-refractivity contribution in [2.75, 3.05) is 11.9 Å². The second kappa shape index (κ2) is 5.64. The summed E-state index contributed by atoms with van der Waals surface area (Å²) in [5.74, 6) is -0.298. The van der Waals surface area contributed by atoms with Crippen molar-refractivity contribution in [3.05, 3.63) is 34.3 Å². The SMILES string of the molecule is C=C(Cl)CNc1ccc(OC(F)(F)F)c(Br)c1. The Labute approximate surface area is 110 Å². The molecule has 94 valence electrons. The van der Waals surface area contributed by atoms with E-state index in [4.69, 9.17) is 11.6 Å². The summed E-state index contributed by atoms with van der Waals surface area (Å²) in [6.07, 6.45) is -4.71. The Balaban J connectivity index is 2.76. The molecule has 1 rings (SSSR count). The van der Waals surface area contributed by atoms with E-state index in [1.54, 1.807) is 0 Å². The molecule has 2 nitrogen and oxygen atoms in total. The van der Waals surface area contributed by atoms with Crippen molar-refractivity contribution >= 4 is 33.2 Å². The lowest BCUT2D eigenvalue weighted by Crippen LogP contribution is -2.17. The molecule has 0 saturated heterocycles. The number of hydrogen-bond acceptors (Lipinski definition) is 2. The van der Waals surface area contributed by atoms with Gasteiger partial charge >= 0.3 is 6.36 Å². The summed E-state index contributed by atoms with van der Waals surface area (Å²) >= 11 is 8.53. The van der Waals surface area contributed by atoms with Gasteiger partial charge in [0.1, 0.15) is 5.75 Å². The molecule has 0 bridgehead atoms. The molecule has 0 amide bonds. The molecular weight excluding hydrogens is 322 g/mol. The molecule has 0 heterocycles. The third-order valence-corrected chi connectivity index (χ3v) is 2.40. The van der Waals surface area contributed by atoms with Gasteiger partial charge in [0, 0.05) is 10.7 Å². The molecule has 1 N–H and O–H groups in total.